The third-order valence-electron chi connectivity index (χ3n) is 5.46. The molecule has 3 rings (SSSR count). The summed E-state index contributed by atoms with van der Waals surface area (Å²) in [4.78, 5) is 16.4. The Hall–Kier alpha value is -2.36. The summed E-state index contributed by atoms with van der Waals surface area (Å²) in [7, 11) is -0.655. The first kappa shape index (κ1) is 23.3. The number of hydrogen-bond acceptors (Lipinski definition) is 6. The molecule has 0 radical (unpaired) electrons. The predicted octanol–water partition coefficient (Wildman–Crippen LogP) is 4.37. The van der Waals surface area contributed by atoms with Crippen LogP contribution >= 0.6 is 15.9 Å². The molecule has 7 nitrogen and oxygen atoms in total. The third-order valence-corrected chi connectivity index (χ3v) is 5.90. The van der Waals surface area contributed by atoms with Crippen molar-refractivity contribution in [1.29, 1.82) is 0 Å². The third kappa shape index (κ3) is 5.87. The maximum absolute atomic E-state index is 12.3. The summed E-state index contributed by atoms with van der Waals surface area (Å²) in [6.07, 6.45) is 2.92. The molecule has 164 valence electrons. The van der Waals surface area contributed by atoms with Gasteiger partial charge < -0.3 is 25.1 Å². The van der Waals surface area contributed by atoms with Gasteiger partial charge in [0.25, 0.3) is 0 Å². The van der Waals surface area contributed by atoms with Gasteiger partial charge in [0.15, 0.2) is 0 Å². The molecule has 0 atom stereocenters. The lowest BCUT2D eigenvalue weighted by molar-refractivity contribution is 0.00578. The number of halogens is 1. The van der Waals surface area contributed by atoms with Gasteiger partial charge in [-0.15, -0.1) is 0 Å². The van der Waals surface area contributed by atoms with E-state index in [0.29, 0.717) is 16.9 Å². The van der Waals surface area contributed by atoms with Crippen molar-refractivity contribution in [3.8, 4) is 0 Å². The second-order valence-electron chi connectivity index (χ2n) is 8.35. The molecular formula is C22H27BBrN3O4. The van der Waals surface area contributed by atoms with Crippen LogP contribution in [0.4, 0.5) is 10.6 Å². The van der Waals surface area contributed by atoms with Crippen molar-refractivity contribution < 1.29 is 18.8 Å². The Bertz CT molecular complexity index is 950. The standard InChI is InChI=1S/C22H27BBrN3O4/c1-21(2)22(3,4)31-23(30-21)17(10-16-11-18(24)13-26-19(16)25)12-27-20(28)29-14-15-8-6-5-7-9-15/h5-11,13H,12,14H2,1-4H3,(H2,25,26)(H,27,28). The van der Waals surface area contributed by atoms with Gasteiger partial charge in [-0.1, -0.05) is 36.4 Å². The number of amides is 1. The van der Waals surface area contributed by atoms with Gasteiger partial charge in [-0.2, -0.15) is 0 Å². The van der Waals surface area contributed by atoms with Crippen molar-refractivity contribution in [2.45, 2.75) is 45.5 Å². The van der Waals surface area contributed by atoms with Gasteiger partial charge in [0.2, 0.25) is 0 Å². The van der Waals surface area contributed by atoms with E-state index in [2.05, 4.69) is 26.2 Å². The fourth-order valence-electron chi connectivity index (χ4n) is 2.93. The lowest BCUT2D eigenvalue weighted by atomic mass is 9.77. The quantitative estimate of drug-likeness (QED) is 0.587. The van der Waals surface area contributed by atoms with Crippen LogP contribution in [0, 0.1) is 0 Å². The molecule has 1 aromatic carbocycles. The molecule has 0 spiro atoms. The van der Waals surface area contributed by atoms with Crippen LogP contribution in [0.1, 0.15) is 38.8 Å². The van der Waals surface area contributed by atoms with Crippen LogP contribution in [0.5, 0.6) is 0 Å². The second kappa shape index (κ2) is 9.42. The van der Waals surface area contributed by atoms with E-state index in [9.17, 15) is 4.79 Å². The Labute approximate surface area is 191 Å². The molecule has 3 N–H and O–H groups in total. The Kier molecular flexibility index (Phi) is 7.08. The fraction of sp³-hybridized carbons (Fsp3) is 0.364. The van der Waals surface area contributed by atoms with E-state index in [-0.39, 0.29) is 13.2 Å². The molecule has 1 aliphatic rings. The fourth-order valence-corrected chi connectivity index (χ4v) is 3.28. The highest BCUT2D eigenvalue weighted by molar-refractivity contribution is 9.10. The summed E-state index contributed by atoms with van der Waals surface area (Å²) >= 11 is 3.41. The Morgan fingerprint density at radius 2 is 1.87 bits per heavy atom. The van der Waals surface area contributed by atoms with Crippen molar-refractivity contribution in [3.05, 3.63) is 63.7 Å². The van der Waals surface area contributed by atoms with Gasteiger partial charge in [-0.05, 0) is 60.7 Å². The number of nitrogens with zero attached hydrogens (tertiary/aromatic N) is 1. The van der Waals surface area contributed by atoms with E-state index in [1.807, 2.05) is 70.2 Å². The number of benzene rings is 1. The smallest absolute Gasteiger partial charge is 0.445 e. The van der Waals surface area contributed by atoms with Gasteiger partial charge >= 0.3 is 13.2 Å². The van der Waals surface area contributed by atoms with E-state index in [4.69, 9.17) is 19.8 Å². The number of alkyl carbamates (subject to hydrolysis) is 1. The molecule has 1 aromatic heterocycles. The summed E-state index contributed by atoms with van der Waals surface area (Å²) < 4.78 is 18.5. The number of anilines is 1. The number of aromatic nitrogens is 1. The summed E-state index contributed by atoms with van der Waals surface area (Å²) in [6, 6.07) is 11.3. The van der Waals surface area contributed by atoms with Crippen LogP contribution in [0.2, 0.25) is 0 Å². The lowest BCUT2D eigenvalue weighted by Gasteiger charge is -2.32. The number of rotatable bonds is 6. The van der Waals surface area contributed by atoms with Crippen LogP contribution in [0.25, 0.3) is 6.08 Å². The van der Waals surface area contributed by atoms with E-state index in [1.54, 1.807) is 6.20 Å². The average molecular weight is 488 g/mol. The number of carbonyl (C=O) groups excluding carboxylic acids is 1. The van der Waals surface area contributed by atoms with Crippen LogP contribution in [-0.2, 0) is 20.7 Å². The minimum Gasteiger partial charge on any atom is -0.445 e. The zero-order chi connectivity index (χ0) is 22.6. The van der Waals surface area contributed by atoms with E-state index in [0.717, 1.165) is 10.0 Å². The number of nitrogen functional groups attached to an aromatic ring is 1. The normalized spacial score (nSPS) is 17.5. The minimum atomic E-state index is -0.655. The average Bonchev–Trinajstić information content (AvgIpc) is 2.94. The van der Waals surface area contributed by atoms with Gasteiger partial charge in [-0.3, -0.25) is 0 Å². The second-order valence-corrected chi connectivity index (χ2v) is 9.27. The molecule has 1 amide bonds. The molecule has 0 bridgehead atoms. The molecule has 2 aromatic rings. The van der Waals surface area contributed by atoms with Crippen molar-refractivity contribution in [2.75, 3.05) is 12.3 Å². The highest BCUT2D eigenvalue weighted by atomic mass is 79.9. The Morgan fingerprint density at radius 3 is 2.52 bits per heavy atom. The summed E-state index contributed by atoms with van der Waals surface area (Å²) in [5, 5.41) is 2.78. The van der Waals surface area contributed by atoms with Gasteiger partial charge in [-0.25, -0.2) is 9.78 Å². The van der Waals surface area contributed by atoms with Crippen molar-refractivity contribution >= 4 is 41.0 Å². The number of ether oxygens (including phenoxy) is 1. The first-order valence-corrected chi connectivity index (χ1v) is 10.8. The van der Waals surface area contributed by atoms with Crippen LogP contribution < -0.4 is 11.1 Å². The largest absolute Gasteiger partial charge is 0.492 e. The van der Waals surface area contributed by atoms with Gasteiger partial charge in [0.05, 0.1) is 11.2 Å². The monoisotopic (exact) mass is 487 g/mol. The molecule has 0 unspecified atom stereocenters. The zero-order valence-corrected chi connectivity index (χ0v) is 19.7. The number of nitrogens with two attached hydrogens (primary N) is 1. The number of carbonyl (C=O) groups is 1. The molecule has 2 heterocycles. The highest BCUT2D eigenvalue weighted by Gasteiger charge is 2.52. The topological polar surface area (TPSA) is 95.7 Å². The minimum absolute atomic E-state index is 0.163. The molecule has 1 saturated heterocycles. The first-order valence-electron chi connectivity index (χ1n) is 9.99. The van der Waals surface area contributed by atoms with Gasteiger partial charge in [0.1, 0.15) is 12.4 Å². The maximum Gasteiger partial charge on any atom is 0.492 e. The molecule has 9 heteroatoms. The van der Waals surface area contributed by atoms with E-state index >= 15 is 0 Å². The van der Waals surface area contributed by atoms with Crippen LogP contribution in [0.3, 0.4) is 0 Å². The molecule has 31 heavy (non-hydrogen) atoms. The van der Waals surface area contributed by atoms with Crippen molar-refractivity contribution in [3.63, 3.8) is 0 Å². The molecule has 1 aliphatic heterocycles. The zero-order valence-electron chi connectivity index (χ0n) is 18.1. The van der Waals surface area contributed by atoms with Crippen molar-refractivity contribution in [2.24, 2.45) is 0 Å². The number of pyridine rings is 1. The number of nitrogens with one attached hydrogen (secondary N) is 1. The molecule has 0 saturated carbocycles. The lowest BCUT2D eigenvalue weighted by Crippen LogP contribution is -2.41. The van der Waals surface area contributed by atoms with Crippen LogP contribution in [0.15, 0.2) is 52.5 Å². The summed E-state index contributed by atoms with van der Waals surface area (Å²) in [6.45, 7) is 8.24. The molecule has 1 fully saturated rings. The predicted molar refractivity (Wildman–Crippen MR) is 125 cm³/mol. The Morgan fingerprint density at radius 1 is 1.23 bits per heavy atom. The maximum atomic E-state index is 12.3. The molecule has 0 aliphatic carbocycles. The first-order chi connectivity index (χ1) is 14.6. The number of hydrogen-bond donors (Lipinski definition) is 2. The van der Waals surface area contributed by atoms with Gasteiger partial charge in [0, 0.05) is 22.8 Å². The molecular weight excluding hydrogens is 461 g/mol. The summed E-state index contributed by atoms with van der Waals surface area (Å²) in [5.74, 6) is 0.365. The highest BCUT2D eigenvalue weighted by Crippen LogP contribution is 2.39. The van der Waals surface area contributed by atoms with Crippen LogP contribution in [-0.4, -0.2) is 35.9 Å². The summed E-state index contributed by atoms with van der Waals surface area (Å²) in [5.41, 5.74) is 7.30. The SMILES string of the molecule is CC1(C)OB(C(=Cc2cc(Br)cnc2N)CNC(=O)OCc2ccccc2)OC1(C)C. The van der Waals surface area contributed by atoms with E-state index < -0.39 is 24.4 Å². The van der Waals surface area contributed by atoms with Crippen molar-refractivity contribution in [1.82, 2.24) is 10.3 Å². The Balaban J connectivity index is 1.75. The van der Waals surface area contributed by atoms with E-state index in [1.165, 1.54) is 0 Å².